The minimum atomic E-state index is -1.07. The number of benzene rings is 1. The van der Waals surface area contributed by atoms with Crippen LogP contribution in [0.3, 0.4) is 0 Å². The first kappa shape index (κ1) is 11.5. The van der Waals surface area contributed by atoms with Crippen LogP contribution in [0.15, 0.2) is 29.3 Å². The number of guanidine groups is 1. The molecule has 0 aliphatic carbocycles. The molecule has 0 bridgehead atoms. The van der Waals surface area contributed by atoms with Crippen LogP contribution in [-0.4, -0.2) is 23.1 Å². The number of hydrogen-bond acceptors (Lipinski definition) is 3. The van der Waals surface area contributed by atoms with E-state index in [2.05, 4.69) is 10.3 Å². The van der Waals surface area contributed by atoms with E-state index >= 15 is 0 Å². The molecule has 6 N–H and O–H groups in total. The zero-order valence-electron chi connectivity index (χ0n) is 8.18. The number of primary amides is 1. The number of nitrogens with two attached hydrogens (primary N) is 2. The van der Waals surface area contributed by atoms with Gasteiger partial charge >= 0.3 is 12.0 Å². The Hall–Kier alpha value is -2.57. The number of amides is 2. The van der Waals surface area contributed by atoms with Crippen molar-refractivity contribution in [3.8, 4) is 0 Å². The molecule has 0 aliphatic heterocycles. The Kier molecular flexibility index (Phi) is 3.44. The highest BCUT2D eigenvalue weighted by atomic mass is 16.4. The second kappa shape index (κ2) is 4.78. The summed E-state index contributed by atoms with van der Waals surface area (Å²) in [5.41, 5.74) is 10.5. The van der Waals surface area contributed by atoms with Crippen LogP contribution in [0.1, 0.15) is 10.4 Å². The van der Waals surface area contributed by atoms with E-state index in [0.29, 0.717) is 5.69 Å². The van der Waals surface area contributed by atoms with Gasteiger partial charge in [0, 0.05) is 0 Å². The van der Waals surface area contributed by atoms with Crippen molar-refractivity contribution < 1.29 is 14.7 Å². The van der Waals surface area contributed by atoms with E-state index in [1.165, 1.54) is 18.2 Å². The SMILES string of the molecule is NC(=O)NC(N)=Nc1cccc(C(=O)O)c1. The van der Waals surface area contributed by atoms with Crippen LogP contribution in [0.2, 0.25) is 0 Å². The van der Waals surface area contributed by atoms with Crippen LogP contribution in [-0.2, 0) is 0 Å². The summed E-state index contributed by atoms with van der Waals surface area (Å²) in [6.07, 6.45) is 0. The summed E-state index contributed by atoms with van der Waals surface area (Å²) >= 11 is 0. The number of carbonyl (C=O) groups is 2. The molecule has 0 unspecified atom stereocenters. The fourth-order valence-electron chi connectivity index (χ4n) is 1.00. The van der Waals surface area contributed by atoms with E-state index in [1.807, 2.05) is 0 Å². The summed E-state index contributed by atoms with van der Waals surface area (Å²) in [7, 11) is 0. The Morgan fingerprint density at radius 1 is 1.31 bits per heavy atom. The molecule has 0 heterocycles. The van der Waals surface area contributed by atoms with Crippen LogP contribution in [0.5, 0.6) is 0 Å². The van der Waals surface area contributed by atoms with E-state index in [1.54, 1.807) is 6.07 Å². The molecular weight excluding hydrogens is 212 g/mol. The van der Waals surface area contributed by atoms with Gasteiger partial charge in [-0.3, -0.25) is 5.32 Å². The molecule has 0 radical (unpaired) electrons. The topological polar surface area (TPSA) is 131 Å². The zero-order chi connectivity index (χ0) is 12.1. The lowest BCUT2D eigenvalue weighted by Gasteiger charge is -2.01. The maximum absolute atomic E-state index is 10.6. The molecule has 2 amide bonds. The first-order valence-electron chi connectivity index (χ1n) is 4.23. The molecule has 1 aromatic rings. The third kappa shape index (κ3) is 3.29. The zero-order valence-corrected chi connectivity index (χ0v) is 8.18. The largest absolute Gasteiger partial charge is 0.478 e. The third-order valence-electron chi connectivity index (χ3n) is 1.59. The van der Waals surface area contributed by atoms with Crippen molar-refractivity contribution in [3.63, 3.8) is 0 Å². The van der Waals surface area contributed by atoms with Crippen molar-refractivity contribution in [2.24, 2.45) is 16.5 Å². The second-order valence-corrected chi connectivity index (χ2v) is 2.84. The predicted octanol–water partition coefficient (Wildman–Crippen LogP) is -0.000700. The van der Waals surface area contributed by atoms with Crippen LogP contribution in [0.4, 0.5) is 10.5 Å². The summed E-state index contributed by atoms with van der Waals surface area (Å²) in [5.74, 6) is -1.27. The highest BCUT2D eigenvalue weighted by Gasteiger charge is 2.03. The Morgan fingerprint density at radius 3 is 2.56 bits per heavy atom. The van der Waals surface area contributed by atoms with Crippen molar-refractivity contribution in [2.75, 3.05) is 0 Å². The fourth-order valence-corrected chi connectivity index (χ4v) is 1.00. The van der Waals surface area contributed by atoms with E-state index in [0.717, 1.165) is 0 Å². The van der Waals surface area contributed by atoms with Crippen LogP contribution >= 0.6 is 0 Å². The van der Waals surface area contributed by atoms with Crippen LogP contribution in [0.25, 0.3) is 0 Å². The molecular formula is C9H10N4O3. The maximum Gasteiger partial charge on any atom is 0.335 e. The molecule has 0 fully saturated rings. The first-order valence-corrected chi connectivity index (χ1v) is 4.23. The van der Waals surface area contributed by atoms with Crippen molar-refractivity contribution in [1.82, 2.24) is 5.32 Å². The van der Waals surface area contributed by atoms with Gasteiger partial charge in [-0.15, -0.1) is 0 Å². The lowest BCUT2D eigenvalue weighted by Crippen LogP contribution is -2.39. The molecule has 0 saturated heterocycles. The summed E-state index contributed by atoms with van der Waals surface area (Å²) in [6.45, 7) is 0. The molecule has 0 saturated carbocycles. The fraction of sp³-hybridized carbons (Fsp3) is 0. The maximum atomic E-state index is 10.6. The Labute approximate surface area is 90.8 Å². The number of carbonyl (C=O) groups excluding carboxylic acids is 1. The molecule has 7 heteroatoms. The number of nitrogens with zero attached hydrogens (tertiary/aromatic N) is 1. The quantitative estimate of drug-likeness (QED) is 0.414. The third-order valence-corrected chi connectivity index (χ3v) is 1.59. The van der Waals surface area contributed by atoms with Crippen LogP contribution in [0, 0.1) is 0 Å². The summed E-state index contributed by atoms with van der Waals surface area (Å²) in [4.78, 5) is 24.8. The van der Waals surface area contributed by atoms with Gasteiger partial charge in [0.05, 0.1) is 11.3 Å². The number of aliphatic imine (C=N–C) groups is 1. The second-order valence-electron chi connectivity index (χ2n) is 2.84. The monoisotopic (exact) mass is 222 g/mol. The van der Waals surface area contributed by atoms with E-state index in [4.69, 9.17) is 16.6 Å². The molecule has 7 nitrogen and oxygen atoms in total. The number of carboxylic acids is 1. The summed E-state index contributed by atoms with van der Waals surface area (Å²) < 4.78 is 0. The van der Waals surface area contributed by atoms with Crippen molar-refractivity contribution in [2.45, 2.75) is 0 Å². The van der Waals surface area contributed by atoms with Gasteiger partial charge < -0.3 is 16.6 Å². The smallest absolute Gasteiger partial charge is 0.335 e. The molecule has 1 aromatic carbocycles. The number of aromatic carboxylic acids is 1. The molecule has 0 aliphatic rings. The minimum absolute atomic E-state index is 0.0770. The van der Waals surface area contributed by atoms with Gasteiger partial charge in [-0.05, 0) is 18.2 Å². The molecule has 1 rings (SSSR count). The first-order chi connectivity index (χ1) is 7.49. The lowest BCUT2D eigenvalue weighted by molar-refractivity contribution is 0.0697. The molecule has 16 heavy (non-hydrogen) atoms. The molecule has 0 atom stereocenters. The van der Waals surface area contributed by atoms with Gasteiger partial charge in [0.2, 0.25) is 5.96 Å². The summed E-state index contributed by atoms with van der Waals surface area (Å²) in [6, 6.07) is 4.95. The standard InChI is InChI=1S/C9H10N4O3/c10-8(13-9(11)16)12-6-3-1-2-5(4-6)7(14)15/h1-4H,(H,14,15)(H5,10,11,12,13,16). The number of urea groups is 1. The average Bonchev–Trinajstić information content (AvgIpc) is 2.16. The van der Waals surface area contributed by atoms with Crippen molar-refractivity contribution in [1.29, 1.82) is 0 Å². The summed E-state index contributed by atoms with van der Waals surface area (Å²) in [5, 5.41) is 10.8. The van der Waals surface area contributed by atoms with E-state index in [9.17, 15) is 9.59 Å². The highest BCUT2D eigenvalue weighted by Crippen LogP contribution is 2.13. The number of rotatable bonds is 2. The lowest BCUT2D eigenvalue weighted by atomic mass is 10.2. The minimum Gasteiger partial charge on any atom is -0.478 e. The van der Waals surface area contributed by atoms with Gasteiger partial charge in [0.25, 0.3) is 0 Å². The Balaban J connectivity index is 2.92. The number of carboxylic acid groups (broad SMARTS) is 1. The highest BCUT2D eigenvalue weighted by molar-refractivity contribution is 5.96. The molecule has 84 valence electrons. The predicted molar refractivity (Wildman–Crippen MR) is 57.4 cm³/mol. The number of nitrogens with one attached hydrogen (secondary N) is 1. The van der Waals surface area contributed by atoms with Gasteiger partial charge in [0.15, 0.2) is 0 Å². The Bertz CT molecular complexity index is 456. The van der Waals surface area contributed by atoms with E-state index < -0.39 is 12.0 Å². The normalized spacial score (nSPS) is 10.9. The van der Waals surface area contributed by atoms with E-state index in [-0.39, 0.29) is 11.5 Å². The molecule has 0 spiro atoms. The van der Waals surface area contributed by atoms with Crippen LogP contribution < -0.4 is 16.8 Å². The Morgan fingerprint density at radius 2 is 2.00 bits per heavy atom. The average molecular weight is 222 g/mol. The van der Waals surface area contributed by atoms with Gasteiger partial charge in [-0.1, -0.05) is 6.07 Å². The van der Waals surface area contributed by atoms with Gasteiger partial charge in [-0.25, -0.2) is 14.6 Å². The van der Waals surface area contributed by atoms with Crippen molar-refractivity contribution in [3.05, 3.63) is 29.8 Å². The number of hydrogen-bond donors (Lipinski definition) is 4. The van der Waals surface area contributed by atoms with Crippen molar-refractivity contribution >= 4 is 23.6 Å². The van der Waals surface area contributed by atoms with Gasteiger partial charge in [-0.2, -0.15) is 0 Å². The van der Waals surface area contributed by atoms with Gasteiger partial charge in [0.1, 0.15) is 0 Å². The molecule has 0 aromatic heterocycles.